The van der Waals surface area contributed by atoms with Crippen LogP contribution in [0.5, 0.6) is 0 Å². The normalized spacial score (nSPS) is 10.1. The van der Waals surface area contributed by atoms with E-state index >= 15 is 0 Å². The predicted octanol–water partition coefficient (Wildman–Crippen LogP) is -7.29. The maximum Gasteiger partial charge on any atom is 1.00 e. The molecule has 0 aromatic carbocycles. The molecule has 0 aliphatic rings. The van der Waals surface area contributed by atoms with Crippen molar-refractivity contribution < 1.29 is 59.6 Å². The topological polar surface area (TPSA) is 147 Å². The molecule has 66 valence electrons. The van der Waals surface area contributed by atoms with Crippen LogP contribution >= 0.6 is 0 Å². The summed E-state index contributed by atoms with van der Waals surface area (Å²) in [4.78, 5) is 9.65. The summed E-state index contributed by atoms with van der Waals surface area (Å²) >= 11 is 0. The van der Waals surface area contributed by atoms with Crippen molar-refractivity contribution in [2.45, 2.75) is 6.04 Å². The van der Waals surface area contributed by atoms with Gasteiger partial charge in [-0.05, 0) is 0 Å². The van der Waals surface area contributed by atoms with Crippen molar-refractivity contribution in [1.29, 1.82) is 0 Å². The van der Waals surface area contributed by atoms with Crippen LogP contribution in [0, 0.1) is 0 Å². The van der Waals surface area contributed by atoms with E-state index in [1.165, 1.54) is 0 Å². The molecule has 0 aromatic rings. The molecule has 0 bridgehead atoms. The Kier molecular flexibility index (Phi) is 17.2. The number of aliphatic hydroxyl groups is 1. The number of aliphatic hydroxyl groups excluding tert-OH is 1. The van der Waals surface area contributed by atoms with Crippen LogP contribution < -0.4 is 40.3 Å². The average molecular weight is 189 g/mol. The van der Waals surface area contributed by atoms with Crippen molar-refractivity contribution in [2.24, 2.45) is 5.73 Å². The van der Waals surface area contributed by atoms with Crippen LogP contribution in [0.3, 0.4) is 0 Å². The number of nitrogens with two attached hydrogens (primary N) is 1. The van der Waals surface area contributed by atoms with Crippen molar-refractivity contribution in [1.82, 2.24) is 0 Å². The Labute approximate surface area is 91.3 Å². The third kappa shape index (κ3) is 22.4. The maximum absolute atomic E-state index is 9.65. The van der Waals surface area contributed by atoms with E-state index < -0.39 is 25.9 Å². The van der Waals surface area contributed by atoms with Gasteiger partial charge in [0.2, 0.25) is 0 Å². The Bertz CT molecular complexity index is 110. The minimum absolute atomic E-state index is 0. The minimum Gasteiger partial charge on any atom is -0.832 e. The second-order valence-electron chi connectivity index (χ2n) is 1.45. The van der Waals surface area contributed by atoms with Crippen molar-refractivity contribution in [3.05, 3.63) is 0 Å². The molecule has 0 aliphatic carbocycles. The number of rotatable bonds is 2. The molecule has 9 heteroatoms. The zero-order valence-electron chi connectivity index (χ0n) is 6.54. The van der Waals surface area contributed by atoms with Crippen LogP contribution in [0.4, 0.5) is 0 Å². The molecule has 0 aliphatic heterocycles. The summed E-state index contributed by atoms with van der Waals surface area (Å²) < 4.78 is 0. The van der Waals surface area contributed by atoms with Crippen LogP contribution in [0.2, 0.25) is 0 Å². The third-order valence-corrected chi connectivity index (χ3v) is 0.514. The molecule has 0 fully saturated rings. The van der Waals surface area contributed by atoms with Gasteiger partial charge in [-0.2, -0.15) is 0 Å². The molecule has 6 N–H and O–H groups in total. The summed E-state index contributed by atoms with van der Waals surface area (Å²) in [6, 6.07) is -1.13. The smallest absolute Gasteiger partial charge is 0.832 e. The number of hydrogen-bond acceptors (Lipinski definition) is 6. The first-order valence-corrected chi connectivity index (χ1v) is 2.53. The van der Waals surface area contributed by atoms with Crippen molar-refractivity contribution in [2.75, 3.05) is 6.61 Å². The van der Waals surface area contributed by atoms with Gasteiger partial charge in [-0.3, -0.25) is 4.79 Å². The van der Waals surface area contributed by atoms with E-state index in [-0.39, 0.29) is 29.6 Å². The molecule has 7 nitrogen and oxygen atoms in total. The number of hydrogen-bond donors (Lipinski definition) is 5. The van der Waals surface area contributed by atoms with Gasteiger partial charge in [-0.15, -0.1) is 0 Å². The fraction of sp³-hybridized carbons (Fsp3) is 0.667. The molecule has 0 amide bonds. The molecule has 0 saturated carbocycles. The van der Waals surface area contributed by atoms with Gasteiger partial charge >= 0.3 is 42.8 Å². The second-order valence-corrected chi connectivity index (χ2v) is 1.45. The maximum atomic E-state index is 9.65. The van der Waals surface area contributed by atoms with Crippen LogP contribution in [0.1, 0.15) is 0 Å². The number of carboxylic acid groups (broad SMARTS) is 1. The molecule has 0 spiro atoms. The van der Waals surface area contributed by atoms with E-state index in [4.69, 9.17) is 31.0 Å². The largest absolute Gasteiger partial charge is 1.00 e. The SMILES string of the molecule is N[C@@H](CO)C(=O)O.[Na+].[O-]B(O)O. The summed E-state index contributed by atoms with van der Waals surface area (Å²) in [6.07, 6.45) is 0. The van der Waals surface area contributed by atoms with Gasteiger partial charge in [0.05, 0.1) is 6.61 Å². The molecule has 0 aromatic heterocycles. The monoisotopic (exact) mass is 189 g/mol. The van der Waals surface area contributed by atoms with E-state index in [9.17, 15) is 4.79 Å². The van der Waals surface area contributed by atoms with E-state index in [0.717, 1.165) is 0 Å². The van der Waals surface area contributed by atoms with Gasteiger partial charge in [-0.25, -0.2) is 0 Å². The average Bonchev–Trinajstić information content (AvgIpc) is 1.85. The fourth-order valence-corrected chi connectivity index (χ4v) is 0.0781. The first-order valence-electron chi connectivity index (χ1n) is 2.53. The standard InChI is InChI=1S/C3H7NO3.BH2O3.Na/c4-2(1-5)3(6)7;2-1(3)4;/h2,5H,1,4H2,(H,6,7);2-3H;/q;-1;+1/t2-;;/m0../s1. The van der Waals surface area contributed by atoms with Crippen LogP contribution in [-0.2, 0) is 4.79 Å². The summed E-state index contributed by atoms with van der Waals surface area (Å²) in [7, 11) is -2.42. The minimum atomic E-state index is -2.42. The van der Waals surface area contributed by atoms with Gasteiger partial charge < -0.3 is 31.0 Å². The summed E-state index contributed by atoms with van der Waals surface area (Å²) in [5, 5.41) is 38.6. The Hall–Kier alpha value is 0.335. The van der Waals surface area contributed by atoms with Gasteiger partial charge in [0.1, 0.15) is 6.04 Å². The van der Waals surface area contributed by atoms with Crippen molar-refractivity contribution in [3.8, 4) is 0 Å². The summed E-state index contributed by atoms with van der Waals surface area (Å²) in [6.45, 7) is -0.505. The molecule has 0 saturated heterocycles. The second kappa shape index (κ2) is 11.3. The number of carboxylic acids is 1. The Morgan fingerprint density at radius 1 is 1.58 bits per heavy atom. The fourth-order valence-electron chi connectivity index (χ4n) is 0.0781. The Morgan fingerprint density at radius 2 is 1.83 bits per heavy atom. The number of carbonyl (C=O) groups is 1. The molecular formula is C3H9BNNaO6. The van der Waals surface area contributed by atoms with E-state index in [1.807, 2.05) is 0 Å². The number of aliphatic carboxylic acids is 1. The molecule has 0 rings (SSSR count). The molecule has 0 radical (unpaired) electrons. The molecular weight excluding hydrogens is 180 g/mol. The zero-order valence-corrected chi connectivity index (χ0v) is 8.54. The predicted molar refractivity (Wildman–Crippen MR) is 32.9 cm³/mol. The molecule has 0 heterocycles. The van der Waals surface area contributed by atoms with Gasteiger partial charge in [-0.1, -0.05) is 0 Å². The third-order valence-electron chi connectivity index (χ3n) is 0.514. The molecule has 12 heavy (non-hydrogen) atoms. The molecule has 0 unspecified atom stereocenters. The zero-order chi connectivity index (χ0) is 9.44. The quantitative estimate of drug-likeness (QED) is 0.271. The van der Waals surface area contributed by atoms with E-state index in [0.29, 0.717) is 0 Å². The Balaban J connectivity index is -0.000000142. The van der Waals surface area contributed by atoms with E-state index in [2.05, 4.69) is 0 Å². The van der Waals surface area contributed by atoms with E-state index in [1.54, 1.807) is 0 Å². The summed E-state index contributed by atoms with van der Waals surface area (Å²) in [5.74, 6) is -1.18. The first-order chi connectivity index (χ1) is 4.91. The van der Waals surface area contributed by atoms with Gasteiger partial charge in [0.15, 0.2) is 0 Å². The first kappa shape index (κ1) is 18.2. The molecule has 1 atom stereocenters. The van der Waals surface area contributed by atoms with Crippen LogP contribution in [-0.4, -0.2) is 46.2 Å². The van der Waals surface area contributed by atoms with Crippen molar-refractivity contribution >= 4 is 13.3 Å². The summed E-state index contributed by atoms with van der Waals surface area (Å²) in [5.41, 5.74) is 4.77. The van der Waals surface area contributed by atoms with Gasteiger partial charge in [0, 0.05) is 0 Å². The van der Waals surface area contributed by atoms with Gasteiger partial charge in [0.25, 0.3) is 0 Å². The van der Waals surface area contributed by atoms with Crippen molar-refractivity contribution in [3.63, 3.8) is 0 Å². The van der Waals surface area contributed by atoms with Crippen LogP contribution in [0.25, 0.3) is 0 Å². The Morgan fingerprint density at radius 3 is 1.83 bits per heavy atom. The van der Waals surface area contributed by atoms with Crippen LogP contribution in [0.15, 0.2) is 0 Å².